The molecule has 4 heteroatoms. The molecule has 0 heterocycles. The van der Waals surface area contributed by atoms with Crippen LogP contribution in [0, 0.1) is 0 Å². The number of carbonyl (C=O) groups is 1. The SMILES string of the molecule is C[C@H](NCC(=O)NN)c1ccccc1. The Kier molecular flexibility index (Phi) is 4.10. The molecule has 1 aromatic carbocycles. The minimum absolute atomic E-state index is 0.147. The Hall–Kier alpha value is -1.39. The molecule has 0 fully saturated rings. The standard InChI is InChI=1S/C10H15N3O/c1-8(12-7-10(14)13-11)9-5-3-2-4-6-9/h2-6,8,12H,7,11H2,1H3,(H,13,14)/t8-/m0/s1. The van der Waals surface area contributed by atoms with Gasteiger partial charge < -0.3 is 5.32 Å². The van der Waals surface area contributed by atoms with E-state index in [-0.39, 0.29) is 18.5 Å². The fraction of sp³-hybridized carbons (Fsp3) is 0.300. The number of benzene rings is 1. The van der Waals surface area contributed by atoms with Gasteiger partial charge in [0.2, 0.25) is 5.91 Å². The van der Waals surface area contributed by atoms with E-state index in [0.717, 1.165) is 5.56 Å². The first-order valence-corrected chi connectivity index (χ1v) is 4.52. The number of hydrazine groups is 1. The van der Waals surface area contributed by atoms with Crippen molar-refractivity contribution in [2.45, 2.75) is 13.0 Å². The van der Waals surface area contributed by atoms with Crippen molar-refractivity contribution in [3.63, 3.8) is 0 Å². The van der Waals surface area contributed by atoms with Crippen LogP contribution in [0.15, 0.2) is 30.3 Å². The monoisotopic (exact) mass is 193 g/mol. The van der Waals surface area contributed by atoms with Gasteiger partial charge >= 0.3 is 0 Å². The zero-order chi connectivity index (χ0) is 10.4. The van der Waals surface area contributed by atoms with E-state index < -0.39 is 0 Å². The van der Waals surface area contributed by atoms with Crippen molar-refractivity contribution in [2.75, 3.05) is 6.54 Å². The molecule has 4 N–H and O–H groups in total. The molecule has 0 saturated carbocycles. The molecule has 0 unspecified atom stereocenters. The van der Waals surface area contributed by atoms with Crippen molar-refractivity contribution in [1.29, 1.82) is 0 Å². The summed E-state index contributed by atoms with van der Waals surface area (Å²) in [5.41, 5.74) is 3.22. The van der Waals surface area contributed by atoms with Crippen LogP contribution in [0.5, 0.6) is 0 Å². The molecule has 14 heavy (non-hydrogen) atoms. The molecule has 0 spiro atoms. The van der Waals surface area contributed by atoms with Crippen LogP contribution in [-0.4, -0.2) is 12.5 Å². The van der Waals surface area contributed by atoms with Gasteiger partial charge in [-0.2, -0.15) is 0 Å². The number of nitrogens with one attached hydrogen (secondary N) is 2. The van der Waals surface area contributed by atoms with E-state index in [1.807, 2.05) is 37.3 Å². The molecular weight excluding hydrogens is 178 g/mol. The molecule has 0 aliphatic heterocycles. The second kappa shape index (κ2) is 5.36. The maximum absolute atomic E-state index is 10.8. The highest BCUT2D eigenvalue weighted by atomic mass is 16.2. The first-order valence-electron chi connectivity index (χ1n) is 4.52. The first kappa shape index (κ1) is 10.7. The Morgan fingerprint density at radius 3 is 2.64 bits per heavy atom. The van der Waals surface area contributed by atoms with Gasteiger partial charge in [-0.05, 0) is 12.5 Å². The van der Waals surface area contributed by atoms with Crippen molar-refractivity contribution < 1.29 is 4.79 Å². The zero-order valence-electron chi connectivity index (χ0n) is 8.16. The van der Waals surface area contributed by atoms with Gasteiger partial charge in [0, 0.05) is 6.04 Å². The summed E-state index contributed by atoms with van der Waals surface area (Å²) in [6, 6.07) is 10.1. The molecule has 0 aromatic heterocycles. The highest BCUT2D eigenvalue weighted by Crippen LogP contribution is 2.09. The summed E-state index contributed by atoms with van der Waals surface area (Å²) >= 11 is 0. The summed E-state index contributed by atoms with van der Waals surface area (Å²) in [5.74, 6) is 4.74. The topological polar surface area (TPSA) is 67.2 Å². The lowest BCUT2D eigenvalue weighted by Gasteiger charge is -2.12. The average Bonchev–Trinajstić information content (AvgIpc) is 2.26. The smallest absolute Gasteiger partial charge is 0.247 e. The van der Waals surface area contributed by atoms with Gasteiger partial charge in [0.1, 0.15) is 0 Å². The average molecular weight is 193 g/mol. The van der Waals surface area contributed by atoms with E-state index in [9.17, 15) is 4.79 Å². The summed E-state index contributed by atoms with van der Waals surface area (Å²) in [6.45, 7) is 2.23. The van der Waals surface area contributed by atoms with Gasteiger partial charge in [-0.3, -0.25) is 10.2 Å². The van der Waals surface area contributed by atoms with Crippen molar-refractivity contribution in [2.24, 2.45) is 5.84 Å². The van der Waals surface area contributed by atoms with Crippen molar-refractivity contribution >= 4 is 5.91 Å². The lowest BCUT2D eigenvalue weighted by Crippen LogP contribution is -2.38. The normalized spacial score (nSPS) is 12.1. The second-order valence-corrected chi connectivity index (χ2v) is 3.08. The van der Waals surface area contributed by atoms with E-state index in [0.29, 0.717) is 0 Å². The summed E-state index contributed by atoms with van der Waals surface area (Å²) < 4.78 is 0. The Morgan fingerprint density at radius 2 is 2.07 bits per heavy atom. The number of rotatable bonds is 4. The third-order valence-corrected chi connectivity index (χ3v) is 2.03. The Bertz CT molecular complexity index is 287. The fourth-order valence-corrected chi connectivity index (χ4v) is 1.16. The van der Waals surface area contributed by atoms with Crippen LogP contribution in [0.3, 0.4) is 0 Å². The lowest BCUT2D eigenvalue weighted by molar-refractivity contribution is -0.120. The Morgan fingerprint density at radius 1 is 1.43 bits per heavy atom. The largest absolute Gasteiger partial charge is 0.302 e. The van der Waals surface area contributed by atoms with Crippen LogP contribution < -0.4 is 16.6 Å². The van der Waals surface area contributed by atoms with Crippen LogP contribution in [0.1, 0.15) is 18.5 Å². The molecule has 1 atom stereocenters. The van der Waals surface area contributed by atoms with E-state index in [1.165, 1.54) is 0 Å². The molecule has 1 amide bonds. The fourth-order valence-electron chi connectivity index (χ4n) is 1.16. The predicted octanol–water partition coefficient (Wildman–Crippen LogP) is 0.327. The van der Waals surface area contributed by atoms with Gasteiger partial charge in [-0.15, -0.1) is 0 Å². The summed E-state index contributed by atoms with van der Waals surface area (Å²) in [4.78, 5) is 10.8. The third-order valence-electron chi connectivity index (χ3n) is 2.03. The van der Waals surface area contributed by atoms with Crippen LogP contribution in [0.25, 0.3) is 0 Å². The van der Waals surface area contributed by atoms with Crippen molar-refractivity contribution in [3.8, 4) is 0 Å². The Labute approximate surface area is 83.5 Å². The van der Waals surface area contributed by atoms with Crippen LogP contribution >= 0.6 is 0 Å². The highest BCUT2D eigenvalue weighted by Gasteiger charge is 2.05. The summed E-state index contributed by atoms with van der Waals surface area (Å²) in [7, 11) is 0. The molecule has 0 radical (unpaired) electrons. The van der Waals surface area contributed by atoms with E-state index in [1.54, 1.807) is 0 Å². The van der Waals surface area contributed by atoms with E-state index in [2.05, 4.69) is 10.7 Å². The predicted molar refractivity (Wildman–Crippen MR) is 55.2 cm³/mol. The number of nitrogens with two attached hydrogens (primary N) is 1. The molecular formula is C10H15N3O. The summed E-state index contributed by atoms with van der Waals surface area (Å²) in [6.07, 6.45) is 0. The van der Waals surface area contributed by atoms with Gasteiger partial charge in [-0.25, -0.2) is 5.84 Å². The molecule has 0 saturated heterocycles. The van der Waals surface area contributed by atoms with Gasteiger partial charge in [0.15, 0.2) is 0 Å². The summed E-state index contributed by atoms with van der Waals surface area (Å²) in [5, 5.41) is 3.06. The first-order chi connectivity index (χ1) is 6.74. The van der Waals surface area contributed by atoms with E-state index in [4.69, 9.17) is 5.84 Å². The van der Waals surface area contributed by atoms with Crippen LogP contribution in [-0.2, 0) is 4.79 Å². The molecule has 0 bridgehead atoms. The van der Waals surface area contributed by atoms with Crippen LogP contribution in [0.2, 0.25) is 0 Å². The molecule has 0 aliphatic rings. The molecule has 4 nitrogen and oxygen atoms in total. The van der Waals surface area contributed by atoms with E-state index >= 15 is 0 Å². The number of carbonyl (C=O) groups excluding carboxylic acids is 1. The Balaban J connectivity index is 2.43. The van der Waals surface area contributed by atoms with Gasteiger partial charge in [0.25, 0.3) is 0 Å². The number of hydrogen-bond donors (Lipinski definition) is 3. The maximum Gasteiger partial charge on any atom is 0.247 e. The second-order valence-electron chi connectivity index (χ2n) is 3.08. The minimum Gasteiger partial charge on any atom is -0.302 e. The molecule has 1 aromatic rings. The molecule has 1 rings (SSSR count). The molecule has 0 aliphatic carbocycles. The third kappa shape index (κ3) is 3.16. The number of hydrogen-bond acceptors (Lipinski definition) is 3. The lowest BCUT2D eigenvalue weighted by atomic mass is 10.1. The maximum atomic E-state index is 10.8. The van der Waals surface area contributed by atoms with Crippen molar-refractivity contribution in [3.05, 3.63) is 35.9 Å². The minimum atomic E-state index is -0.215. The number of amides is 1. The van der Waals surface area contributed by atoms with Crippen molar-refractivity contribution in [1.82, 2.24) is 10.7 Å². The quantitative estimate of drug-likeness (QED) is 0.366. The molecule has 76 valence electrons. The van der Waals surface area contributed by atoms with Crippen LogP contribution in [0.4, 0.5) is 0 Å². The zero-order valence-corrected chi connectivity index (χ0v) is 8.16. The van der Waals surface area contributed by atoms with Gasteiger partial charge in [-0.1, -0.05) is 30.3 Å². The highest BCUT2D eigenvalue weighted by molar-refractivity contribution is 5.77. The van der Waals surface area contributed by atoms with Gasteiger partial charge in [0.05, 0.1) is 6.54 Å².